The molecule has 0 aliphatic heterocycles. The van der Waals surface area contributed by atoms with Crippen molar-refractivity contribution in [3.63, 3.8) is 0 Å². The van der Waals surface area contributed by atoms with E-state index in [9.17, 15) is 13.2 Å². The highest BCUT2D eigenvalue weighted by Gasteiger charge is 2.26. The molecule has 1 atom stereocenters. The third-order valence-corrected chi connectivity index (χ3v) is 2.78. The summed E-state index contributed by atoms with van der Waals surface area (Å²) in [5.74, 6) is 0.488. The molecule has 21 heavy (non-hydrogen) atoms. The van der Waals surface area contributed by atoms with Gasteiger partial charge in [0.25, 0.3) is 0 Å². The molecule has 0 radical (unpaired) electrons. The number of aromatic nitrogens is 1. The van der Waals surface area contributed by atoms with Crippen LogP contribution in [0, 0.1) is 0 Å². The molecule has 1 heterocycles. The first-order valence-corrected chi connectivity index (χ1v) is 6.82. The van der Waals surface area contributed by atoms with Crippen LogP contribution in [0.5, 0.6) is 5.88 Å². The molecule has 1 unspecified atom stereocenters. The maximum atomic E-state index is 12.1. The minimum Gasteiger partial charge on any atom is -0.475 e. The fraction of sp³-hybridized carbons (Fsp3) is 0.643. The van der Waals surface area contributed by atoms with Crippen LogP contribution in [0.15, 0.2) is 18.3 Å². The molecule has 0 saturated carbocycles. The average Bonchev–Trinajstić information content (AvgIpc) is 2.39. The molecular formula is C14H21F3N2O2. The molecule has 1 aromatic rings. The maximum absolute atomic E-state index is 12.1. The van der Waals surface area contributed by atoms with Crippen molar-refractivity contribution in [3.8, 4) is 5.88 Å². The zero-order valence-corrected chi connectivity index (χ0v) is 12.2. The van der Waals surface area contributed by atoms with Crippen molar-refractivity contribution >= 4 is 5.69 Å². The minimum atomic E-state index is -4.08. The topological polar surface area (TPSA) is 43.4 Å². The van der Waals surface area contributed by atoms with Gasteiger partial charge in [-0.15, -0.1) is 0 Å². The lowest BCUT2D eigenvalue weighted by Gasteiger charge is -2.15. The molecular weight excluding hydrogens is 285 g/mol. The second kappa shape index (κ2) is 8.71. The van der Waals surface area contributed by atoms with Crippen molar-refractivity contribution in [3.05, 3.63) is 18.3 Å². The monoisotopic (exact) mass is 306 g/mol. The van der Waals surface area contributed by atoms with Crippen LogP contribution in [0.1, 0.15) is 26.2 Å². The van der Waals surface area contributed by atoms with Gasteiger partial charge >= 0.3 is 6.18 Å². The van der Waals surface area contributed by atoms with Crippen LogP contribution in [0.2, 0.25) is 0 Å². The molecule has 0 saturated heterocycles. The number of nitrogens with one attached hydrogen (secondary N) is 1. The van der Waals surface area contributed by atoms with E-state index in [1.807, 2.05) is 6.92 Å². The van der Waals surface area contributed by atoms with Gasteiger partial charge in [0.2, 0.25) is 5.88 Å². The summed E-state index contributed by atoms with van der Waals surface area (Å²) in [5, 5.41) is 3.11. The summed E-state index contributed by atoms with van der Waals surface area (Å²) in [4.78, 5) is 4.10. The Hall–Kier alpha value is -1.50. The fourth-order valence-electron chi connectivity index (χ4n) is 1.75. The van der Waals surface area contributed by atoms with E-state index in [2.05, 4.69) is 10.3 Å². The highest BCUT2D eigenvalue weighted by atomic mass is 19.4. The molecule has 1 aromatic heterocycles. The molecule has 0 fully saturated rings. The SMILES string of the molecule is COCCOc1ccc(NC(C)CCCC(F)(F)F)cn1. The van der Waals surface area contributed by atoms with E-state index < -0.39 is 12.6 Å². The maximum Gasteiger partial charge on any atom is 0.389 e. The van der Waals surface area contributed by atoms with Crippen LogP contribution in [-0.4, -0.2) is 37.5 Å². The Morgan fingerprint density at radius 1 is 1.29 bits per heavy atom. The van der Waals surface area contributed by atoms with Gasteiger partial charge in [-0.2, -0.15) is 13.2 Å². The van der Waals surface area contributed by atoms with Crippen molar-refractivity contribution in [2.45, 2.75) is 38.4 Å². The normalized spacial score (nSPS) is 13.0. The molecule has 0 spiro atoms. The zero-order valence-electron chi connectivity index (χ0n) is 12.2. The number of hydrogen-bond donors (Lipinski definition) is 1. The van der Waals surface area contributed by atoms with Crippen LogP contribution >= 0.6 is 0 Å². The summed E-state index contributed by atoms with van der Waals surface area (Å²) in [7, 11) is 1.59. The number of rotatable bonds is 9. The third kappa shape index (κ3) is 8.39. The quantitative estimate of drug-likeness (QED) is 0.707. The number of ether oxygens (including phenoxy) is 2. The Morgan fingerprint density at radius 2 is 2.05 bits per heavy atom. The number of alkyl halides is 3. The summed E-state index contributed by atoms with van der Waals surface area (Å²) in [6.07, 6.45) is -2.66. The van der Waals surface area contributed by atoms with Gasteiger partial charge < -0.3 is 14.8 Å². The molecule has 7 heteroatoms. The van der Waals surface area contributed by atoms with Crippen molar-refractivity contribution < 1.29 is 22.6 Å². The Balaban J connectivity index is 2.30. The number of hydrogen-bond acceptors (Lipinski definition) is 4. The molecule has 0 aliphatic carbocycles. The van der Waals surface area contributed by atoms with Crippen molar-refractivity contribution in [1.29, 1.82) is 0 Å². The van der Waals surface area contributed by atoms with Crippen LogP contribution in [0.4, 0.5) is 18.9 Å². The van der Waals surface area contributed by atoms with Crippen molar-refractivity contribution in [2.24, 2.45) is 0 Å². The van der Waals surface area contributed by atoms with E-state index in [0.717, 1.165) is 5.69 Å². The van der Waals surface area contributed by atoms with Crippen LogP contribution in [0.3, 0.4) is 0 Å². The summed E-state index contributed by atoms with van der Waals surface area (Å²) < 4.78 is 46.3. The minimum absolute atomic E-state index is 0.0468. The third-order valence-electron chi connectivity index (χ3n) is 2.78. The first-order chi connectivity index (χ1) is 9.90. The number of methoxy groups -OCH3 is 1. The van der Waals surface area contributed by atoms with E-state index in [-0.39, 0.29) is 12.5 Å². The summed E-state index contributed by atoms with van der Waals surface area (Å²) in [6, 6.07) is 3.45. The number of halogens is 3. The molecule has 1 rings (SSSR count). The number of nitrogens with zero attached hydrogens (tertiary/aromatic N) is 1. The van der Waals surface area contributed by atoms with E-state index in [4.69, 9.17) is 9.47 Å². The lowest BCUT2D eigenvalue weighted by Crippen LogP contribution is -2.17. The molecule has 0 aliphatic rings. The van der Waals surface area contributed by atoms with E-state index >= 15 is 0 Å². The fourth-order valence-corrected chi connectivity index (χ4v) is 1.75. The van der Waals surface area contributed by atoms with Gasteiger partial charge in [0.1, 0.15) is 6.61 Å². The highest BCUT2D eigenvalue weighted by Crippen LogP contribution is 2.23. The highest BCUT2D eigenvalue weighted by molar-refractivity contribution is 5.42. The standard InChI is InChI=1S/C14H21F3N2O2/c1-11(4-3-7-14(15,16)17)19-12-5-6-13(18-10-12)21-9-8-20-2/h5-6,10-11,19H,3-4,7-9H2,1-2H3. The Kier molecular flexibility index (Phi) is 7.28. The van der Waals surface area contributed by atoms with Crippen LogP contribution in [0.25, 0.3) is 0 Å². The van der Waals surface area contributed by atoms with Gasteiger partial charge in [-0.05, 0) is 25.8 Å². The summed E-state index contributed by atoms with van der Waals surface area (Å²) in [6.45, 7) is 2.75. The number of anilines is 1. The second-order valence-electron chi connectivity index (χ2n) is 4.78. The van der Waals surface area contributed by atoms with Gasteiger partial charge in [-0.1, -0.05) is 0 Å². The predicted octanol–water partition coefficient (Wildman–Crippen LogP) is 3.64. The lowest BCUT2D eigenvalue weighted by molar-refractivity contribution is -0.135. The van der Waals surface area contributed by atoms with Gasteiger partial charge in [0, 0.05) is 25.6 Å². The van der Waals surface area contributed by atoms with Gasteiger partial charge in [-0.25, -0.2) is 4.98 Å². The second-order valence-corrected chi connectivity index (χ2v) is 4.78. The molecule has 4 nitrogen and oxygen atoms in total. The molecule has 120 valence electrons. The van der Waals surface area contributed by atoms with E-state index in [1.54, 1.807) is 25.4 Å². The molecule has 0 aromatic carbocycles. The zero-order chi connectivity index (χ0) is 15.7. The molecule has 0 amide bonds. The first kappa shape index (κ1) is 17.6. The number of pyridine rings is 1. The lowest BCUT2D eigenvalue weighted by atomic mass is 10.1. The van der Waals surface area contributed by atoms with Crippen LogP contribution < -0.4 is 10.1 Å². The van der Waals surface area contributed by atoms with Crippen molar-refractivity contribution in [2.75, 3.05) is 25.6 Å². The van der Waals surface area contributed by atoms with E-state index in [1.165, 1.54) is 0 Å². The molecule has 1 N–H and O–H groups in total. The largest absolute Gasteiger partial charge is 0.475 e. The Bertz CT molecular complexity index is 396. The average molecular weight is 306 g/mol. The van der Waals surface area contributed by atoms with Crippen molar-refractivity contribution in [1.82, 2.24) is 4.98 Å². The summed E-state index contributed by atoms with van der Waals surface area (Å²) in [5.41, 5.74) is 0.758. The predicted molar refractivity (Wildman–Crippen MR) is 74.6 cm³/mol. The van der Waals surface area contributed by atoms with Gasteiger partial charge in [0.15, 0.2) is 0 Å². The van der Waals surface area contributed by atoms with Gasteiger partial charge in [-0.3, -0.25) is 0 Å². The van der Waals surface area contributed by atoms with E-state index in [0.29, 0.717) is 25.5 Å². The van der Waals surface area contributed by atoms with Crippen LogP contribution in [-0.2, 0) is 4.74 Å². The molecule has 0 bridgehead atoms. The summed E-state index contributed by atoms with van der Waals surface area (Å²) >= 11 is 0. The smallest absolute Gasteiger partial charge is 0.389 e. The first-order valence-electron chi connectivity index (χ1n) is 6.82. The Labute approximate surface area is 122 Å². The Morgan fingerprint density at radius 3 is 2.62 bits per heavy atom. The van der Waals surface area contributed by atoms with Gasteiger partial charge in [0.05, 0.1) is 18.5 Å².